The summed E-state index contributed by atoms with van der Waals surface area (Å²) in [5, 5.41) is 2.22. The van der Waals surface area contributed by atoms with Crippen LogP contribution >= 0.6 is 34.4 Å². The molecule has 178 valence electrons. The van der Waals surface area contributed by atoms with E-state index in [-0.39, 0.29) is 11.4 Å². The van der Waals surface area contributed by atoms with E-state index in [1.165, 1.54) is 0 Å². The number of halogens is 1. The van der Waals surface area contributed by atoms with Crippen LogP contribution in [0.25, 0.3) is 6.08 Å². The lowest BCUT2D eigenvalue weighted by Crippen LogP contribution is -2.36. The van der Waals surface area contributed by atoms with Crippen molar-refractivity contribution in [2.24, 2.45) is 0 Å². The number of carbonyl (C=O) groups excluding carboxylic acids is 3. The predicted octanol–water partition coefficient (Wildman–Crippen LogP) is 5.42. The molecule has 35 heavy (non-hydrogen) atoms. The van der Waals surface area contributed by atoms with E-state index in [1.54, 1.807) is 36.4 Å². The van der Waals surface area contributed by atoms with E-state index in [9.17, 15) is 14.4 Å². The Kier molecular flexibility index (Phi) is 8.43. The number of benzene rings is 3. The van der Waals surface area contributed by atoms with Gasteiger partial charge in [0.2, 0.25) is 5.91 Å². The number of para-hydroxylation sites is 1. The van der Waals surface area contributed by atoms with Gasteiger partial charge in [-0.2, -0.15) is 0 Å². The maximum atomic E-state index is 12.8. The van der Waals surface area contributed by atoms with Crippen LogP contribution in [0.1, 0.15) is 5.56 Å². The summed E-state index contributed by atoms with van der Waals surface area (Å²) >= 11 is 2.97. The molecule has 7 nitrogen and oxygen atoms in total. The monoisotopic (exact) mass is 600 g/mol. The number of thioether (sulfide) groups is 1. The molecule has 1 saturated heterocycles. The molecule has 0 atom stereocenters. The van der Waals surface area contributed by atoms with E-state index in [0.29, 0.717) is 30.2 Å². The molecule has 1 aliphatic rings. The largest absolute Gasteiger partial charge is 0.490 e. The third-order valence-corrected chi connectivity index (χ3v) is 6.45. The zero-order chi connectivity index (χ0) is 24.6. The highest BCUT2D eigenvalue weighted by Crippen LogP contribution is 2.32. The van der Waals surface area contributed by atoms with Gasteiger partial charge in [-0.1, -0.05) is 30.3 Å². The highest BCUT2D eigenvalue weighted by molar-refractivity contribution is 14.1. The van der Waals surface area contributed by atoms with Crippen molar-refractivity contribution in [2.45, 2.75) is 0 Å². The van der Waals surface area contributed by atoms with E-state index in [2.05, 4.69) is 27.9 Å². The van der Waals surface area contributed by atoms with Crippen molar-refractivity contribution in [1.82, 2.24) is 4.90 Å². The van der Waals surface area contributed by atoms with E-state index in [0.717, 1.165) is 26.0 Å². The molecule has 0 aliphatic carbocycles. The molecule has 4 rings (SSSR count). The fourth-order valence-corrected chi connectivity index (χ4v) is 4.39. The number of amides is 3. The molecule has 0 aromatic heterocycles. The third kappa shape index (κ3) is 7.09. The number of hydrogen-bond donors (Lipinski definition) is 1. The van der Waals surface area contributed by atoms with Crippen LogP contribution in [-0.4, -0.2) is 41.7 Å². The number of rotatable bonds is 9. The quantitative estimate of drug-likeness (QED) is 0.201. The van der Waals surface area contributed by atoms with Crippen LogP contribution in [0.4, 0.5) is 10.5 Å². The Morgan fingerprint density at radius 3 is 2.34 bits per heavy atom. The molecule has 3 aromatic carbocycles. The molecule has 0 spiro atoms. The Morgan fingerprint density at radius 2 is 1.60 bits per heavy atom. The van der Waals surface area contributed by atoms with Gasteiger partial charge in [0.05, 0.1) is 4.91 Å². The number of nitrogens with zero attached hydrogens (tertiary/aromatic N) is 1. The topological polar surface area (TPSA) is 84.9 Å². The summed E-state index contributed by atoms with van der Waals surface area (Å²) in [7, 11) is 0. The Balaban J connectivity index is 1.32. The van der Waals surface area contributed by atoms with Crippen LogP contribution in [-0.2, 0) is 9.59 Å². The van der Waals surface area contributed by atoms with Gasteiger partial charge in [-0.3, -0.25) is 19.3 Å². The van der Waals surface area contributed by atoms with Crippen LogP contribution in [0.3, 0.4) is 0 Å². The number of hydrogen-bond acceptors (Lipinski definition) is 6. The van der Waals surface area contributed by atoms with Gasteiger partial charge < -0.3 is 14.8 Å². The molecule has 1 N–H and O–H groups in total. The second-order valence-electron chi connectivity index (χ2n) is 7.41. The number of carbonyl (C=O) groups is 3. The number of imide groups is 1. The van der Waals surface area contributed by atoms with Gasteiger partial charge in [0.15, 0.2) is 0 Å². The van der Waals surface area contributed by atoms with Crippen LogP contribution in [0.15, 0.2) is 83.8 Å². The molecule has 9 heteroatoms. The number of anilines is 1. The van der Waals surface area contributed by atoms with Crippen LogP contribution in [0.2, 0.25) is 0 Å². The third-order valence-electron chi connectivity index (χ3n) is 4.82. The van der Waals surface area contributed by atoms with E-state index in [4.69, 9.17) is 9.47 Å². The highest BCUT2D eigenvalue weighted by atomic mass is 127. The molecular weight excluding hydrogens is 579 g/mol. The number of ether oxygens (including phenoxy) is 2. The van der Waals surface area contributed by atoms with Gasteiger partial charge in [-0.15, -0.1) is 0 Å². The van der Waals surface area contributed by atoms with Crippen molar-refractivity contribution in [3.05, 3.63) is 92.9 Å². The lowest BCUT2D eigenvalue weighted by molar-refractivity contribution is -0.127. The van der Waals surface area contributed by atoms with E-state index in [1.807, 2.05) is 48.5 Å². The first-order valence-electron chi connectivity index (χ1n) is 10.7. The molecule has 1 fully saturated rings. The molecule has 0 unspecified atom stereocenters. The number of nitrogens with one attached hydrogen (secondary N) is 1. The fourth-order valence-electron chi connectivity index (χ4n) is 3.19. The maximum Gasteiger partial charge on any atom is 0.294 e. The van der Waals surface area contributed by atoms with Gasteiger partial charge in [-0.25, -0.2) is 0 Å². The maximum absolute atomic E-state index is 12.8. The SMILES string of the molecule is O=C(CN1C(=O)S/C(=C/c2cccc(OCCOc3ccccc3)c2)C1=O)Nc1ccc(I)cc1. The first kappa shape index (κ1) is 24.8. The van der Waals surface area contributed by atoms with Crippen LogP contribution < -0.4 is 14.8 Å². The van der Waals surface area contributed by atoms with Crippen molar-refractivity contribution in [3.8, 4) is 11.5 Å². The molecule has 0 radical (unpaired) electrons. The molecule has 3 amide bonds. The minimum Gasteiger partial charge on any atom is -0.490 e. The minimum atomic E-state index is -0.500. The summed E-state index contributed by atoms with van der Waals surface area (Å²) < 4.78 is 12.4. The van der Waals surface area contributed by atoms with Crippen LogP contribution in [0.5, 0.6) is 11.5 Å². The summed E-state index contributed by atoms with van der Waals surface area (Å²) in [4.78, 5) is 38.7. The van der Waals surface area contributed by atoms with Gasteiger partial charge in [0.1, 0.15) is 31.3 Å². The van der Waals surface area contributed by atoms with Crippen molar-refractivity contribution in [1.29, 1.82) is 0 Å². The van der Waals surface area contributed by atoms with Gasteiger partial charge in [0, 0.05) is 9.26 Å². The molecule has 3 aromatic rings. The Bertz CT molecular complexity index is 1250. The Hall–Kier alpha value is -3.31. The van der Waals surface area contributed by atoms with Crippen LogP contribution in [0, 0.1) is 3.57 Å². The fraction of sp³-hybridized carbons (Fsp3) is 0.115. The zero-order valence-corrected chi connectivity index (χ0v) is 21.5. The zero-order valence-electron chi connectivity index (χ0n) is 18.5. The second kappa shape index (κ2) is 11.9. The van der Waals surface area contributed by atoms with Crippen molar-refractivity contribution in [2.75, 3.05) is 25.1 Å². The smallest absolute Gasteiger partial charge is 0.294 e. The van der Waals surface area contributed by atoms with E-state index < -0.39 is 17.1 Å². The Labute approximate surface area is 220 Å². The normalized spacial score (nSPS) is 14.3. The lowest BCUT2D eigenvalue weighted by Gasteiger charge is -2.12. The van der Waals surface area contributed by atoms with Gasteiger partial charge in [-0.05, 0) is 94.5 Å². The second-order valence-corrected chi connectivity index (χ2v) is 9.64. The average molecular weight is 600 g/mol. The average Bonchev–Trinajstić information content (AvgIpc) is 3.11. The van der Waals surface area contributed by atoms with Crippen molar-refractivity contribution < 1.29 is 23.9 Å². The molecule has 0 saturated carbocycles. The summed E-state index contributed by atoms with van der Waals surface area (Å²) in [5.74, 6) is 0.447. The first-order valence-corrected chi connectivity index (χ1v) is 12.6. The molecule has 1 aliphatic heterocycles. The highest BCUT2D eigenvalue weighted by Gasteiger charge is 2.36. The van der Waals surface area contributed by atoms with Gasteiger partial charge in [0.25, 0.3) is 11.1 Å². The van der Waals surface area contributed by atoms with Crippen molar-refractivity contribution >= 4 is 63.2 Å². The van der Waals surface area contributed by atoms with Crippen molar-refractivity contribution in [3.63, 3.8) is 0 Å². The standard InChI is InChI=1S/C26H21IN2O5S/c27-19-9-11-20(12-10-19)28-24(30)17-29-25(31)23(35-26(29)32)16-18-5-4-8-22(15-18)34-14-13-33-21-6-2-1-3-7-21/h1-12,15-16H,13-14,17H2,(H,28,30)/b23-16+. The minimum absolute atomic E-state index is 0.252. The lowest BCUT2D eigenvalue weighted by atomic mass is 10.2. The summed E-state index contributed by atoms with van der Waals surface area (Å²) in [5.41, 5.74) is 1.31. The predicted molar refractivity (Wildman–Crippen MR) is 144 cm³/mol. The summed E-state index contributed by atoms with van der Waals surface area (Å²) in [6.07, 6.45) is 1.62. The summed E-state index contributed by atoms with van der Waals surface area (Å²) in [6.45, 7) is 0.389. The molecular formula is C26H21IN2O5S. The molecule has 0 bridgehead atoms. The first-order chi connectivity index (χ1) is 17.0. The van der Waals surface area contributed by atoms with E-state index >= 15 is 0 Å². The molecule has 1 heterocycles. The Morgan fingerprint density at radius 1 is 0.914 bits per heavy atom. The van der Waals surface area contributed by atoms with Gasteiger partial charge >= 0.3 is 0 Å². The summed E-state index contributed by atoms with van der Waals surface area (Å²) in [6, 6.07) is 23.9.